The Kier molecular flexibility index (Phi) is 8.79. The Morgan fingerprint density at radius 2 is 1.57 bits per heavy atom. The molecule has 0 amide bonds. The number of hydrogen-bond acceptors (Lipinski definition) is 4. The zero-order chi connectivity index (χ0) is 15.5. The van der Waals surface area contributed by atoms with Gasteiger partial charge in [0.05, 0.1) is 0 Å². The minimum Gasteiger partial charge on any atom is -0.370 e. The van der Waals surface area contributed by atoms with Gasteiger partial charge in [0.2, 0.25) is 0 Å². The number of nitrogens with zero attached hydrogens (tertiary/aromatic N) is 2. The van der Waals surface area contributed by atoms with Crippen molar-refractivity contribution in [3.05, 3.63) is 11.9 Å². The second-order valence-corrected chi connectivity index (χ2v) is 6.15. The van der Waals surface area contributed by atoms with E-state index in [0.29, 0.717) is 0 Å². The summed E-state index contributed by atoms with van der Waals surface area (Å²) < 4.78 is 0. The van der Waals surface area contributed by atoms with Crippen LogP contribution in [0.25, 0.3) is 0 Å². The molecule has 1 aromatic rings. The first kappa shape index (κ1) is 17.7. The Morgan fingerprint density at radius 1 is 0.952 bits per heavy atom. The van der Waals surface area contributed by atoms with E-state index in [2.05, 4.69) is 48.3 Å². The maximum absolute atomic E-state index is 4.34. The molecule has 0 aliphatic heterocycles. The lowest BCUT2D eigenvalue weighted by Gasteiger charge is -2.12. The van der Waals surface area contributed by atoms with Crippen LogP contribution in [0.15, 0.2) is 6.33 Å². The van der Waals surface area contributed by atoms with Crippen LogP contribution in [0.3, 0.4) is 0 Å². The predicted molar refractivity (Wildman–Crippen MR) is 92.0 cm³/mol. The fraction of sp³-hybridized carbons (Fsp3) is 0.765. The zero-order valence-corrected chi connectivity index (χ0v) is 14.2. The molecule has 0 aliphatic carbocycles. The number of anilines is 2. The molecule has 0 aliphatic rings. The second-order valence-electron chi connectivity index (χ2n) is 6.15. The summed E-state index contributed by atoms with van der Waals surface area (Å²) in [5, 5.41) is 6.78. The summed E-state index contributed by atoms with van der Waals surface area (Å²) in [4.78, 5) is 8.64. The molecule has 0 aromatic carbocycles. The molecule has 2 N–H and O–H groups in total. The molecule has 4 heteroatoms. The second kappa shape index (κ2) is 10.4. The molecule has 0 spiro atoms. The first-order chi connectivity index (χ1) is 10.1. The maximum atomic E-state index is 4.34. The van der Waals surface area contributed by atoms with Crippen molar-refractivity contribution in [2.75, 3.05) is 23.7 Å². The number of aromatic nitrogens is 2. The summed E-state index contributed by atoms with van der Waals surface area (Å²) >= 11 is 0. The summed E-state index contributed by atoms with van der Waals surface area (Å²) in [7, 11) is 0. The highest BCUT2D eigenvalue weighted by molar-refractivity contribution is 5.56. The zero-order valence-electron chi connectivity index (χ0n) is 14.2. The van der Waals surface area contributed by atoms with Crippen molar-refractivity contribution in [3.8, 4) is 0 Å². The summed E-state index contributed by atoms with van der Waals surface area (Å²) in [5.74, 6) is 2.75. The molecule has 120 valence electrons. The molecule has 0 atom stereocenters. The summed E-state index contributed by atoms with van der Waals surface area (Å²) in [6.07, 6.45) is 9.29. The molecule has 1 rings (SSSR count). The van der Waals surface area contributed by atoms with Crippen LogP contribution in [0.5, 0.6) is 0 Å². The third-order valence-corrected chi connectivity index (χ3v) is 3.63. The minimum absolute atomic E-state index is 0.834. The molecule has 0 unspecified atom stereocenters. The van der Waals surface area contributed by atoms with Gasteiger partial charge in [-0.15, -0.1) is 0 Å². The third kappa shape index (κ3) is 7.30. The van der Waals surface area contributed by atoms with Crippen LogP contribution in [-0.4, -0.2) is 23.1 Å². The lowest BCUT2D eigenvalue weighted by Crippen LogP contribution is -2.09. The monoisotopic (exact) mass is 292 g/mol. The van der Waals surface area contributed by atoms with E-state index in [4.69, 9.17) is 0 Å². The number of nitrogens with one attached hydrogen (secondary N) is 2. The molecule has 0 saturated heterocycles. The van der Waals surface area contributed by atoms with Gasteiger partial charge in [0.25, 0.3) is 0 Å². The highest BCUT2D eigenvalue weighted by atomic mass is 15.1. The van der Waals surface area contributed by atoms with E-state index >= 15 is 0 Å². The van der Waals surface area contributed by atoms with Crippen molar-refractivity contribution in [1.29, 1.82) is 0 Å². The molecule has 0 bridgehead atoms. The van der Waals surface area contributed by atoms with E-state index in [1.165, 1.54) is 32.1 Å². The molecule has 0 radical (unpaired) electrons. The van der Waals surface area contributed by atoms with Crippen LogP contribution in [0.1, 0.15) is 64.9 Å². The van der Waals surface area contributed by atoms with Crippen molar-refractivity contribution in [3.63, 3.8) is 0 Å². The van der Waals surface area contributed by atoms with Gasteiger partial charge in [-0.25, -0.2) is 9.97 Å². The fourth-order valence-corrected chi connectivity index (χ4v) is 2.29. The van der Waals surface area contributed by atoms with E-state index in [0.717, 1.165) is 42.6 Å². The average molecular weight is 292 g/mol. The number of unbranched alkanes of at least 4 members (excludes halogenated alkanes) is 3. The first-order valence-electron chi connectivity index (χ1n) is 8.44. The van der Waals surface area contributed by atoms with Crippen molar-refractivity contribution >= 4 is 11.6 Å². The maximum Gasteiger partial charge on any atom is 0.134 e. The summed E-state index contributed by atoms with van der Waals surface area (Å²) in [5.41, 5.74) is 1.12. The Morgan fingerprint density at radius 3 is 2.19 bits per heavy atom. The van der Waals surface area contributed by atoms with Gasteiger partial charge < -0.3 is 10.6 Å². The smallest absolute Gasteiger partial charge is 0.134 e. The summed E-state index contributed by atoms with van der Waals surface area (Å²) in [6, 6.07) is 0. The molecular weight excluding hydrogens is 260 g/mol. The molecule has 21 heavy (non-hydrogen) atoms. The minimum atomic E-state index is 0.834. The Balaban J connectivity index is 2.25. The van der Waals surface area contributed by atoms with Crippen molar-refractivity contribution in [2.45, 2.75) is 66.2 Å². The normalized spacial score (nSPS) is 10.9. The van der Waals surface area contributed by atoms with Crippen molar-refractivity contribution < 1.29 is 0 Å². The Hall–Kier alpha value is -1.32. The van der Waals surface area contributed by atoms with Gasteiger partial charge in [-0.1, -0.05) is 46.5 Å². The van der Waals surface area contributed by atoms with Gasteiger partial charge in [0.15, 0.2) is 0 Å². The molecule has 4 nitrogen and oxygen atoms in total. The largest absolute Gasteiger partial charge is 0.370 e. The van der Waals surface area contributed by atoms with Crippen LogP contribution in [0.4, 0.5) is 11.6 Å². The predicted octanol–water partition coefficient (Wildman–Crippen LogP) is 4.63. The number of rotatable bonds is 11. The van der Waals surface area contributed by atoms with Gasteiger partial charge in [0.1, 0.15) is 18.0 Å². The van der Waals surface area contributed by atoms with Crippen LogP contribution in [0.2, 0.25) is 0 Å². The van der Waals surface area contributed by atoms with E-state index in [1.54, 1.807) is 6.33 Å². The summed E-state index contributed by atoms with van der Waals surface area (Å²) in [6.45, 7) is 10.8. The van der Waals surface area contributed by atoms with Crippen molar-refractivity contribution in [1.82, 2.24) is 9.97 Å². The van der Waals surface area contributed by atoms with Gasteiger partial charge >= 0.3 is 0 Å². The van der Waals surface area contributed by atoms with E-state index < -0.39 is 0 Å². The Bertz CT molecular complexity index is 390. The van der Waals surface area contributed by atoms with E-state index in [1.807, 2.05) is 0 Å². The Labute approximate surface area is 130 Å². The third-order valence-electron chi connectivity index (χ3n) is 3.63. The molecule has 1 heterocycles. The average Bonchev–Trinajstić information content (AvgIpc) is 2.46. The van der Waals surface area contributed by atoms with Crippen LogP contribution in [0, 0.1) is 12.8 Å². The quantitative estimate of drug-likeness (QED) is 0.584. The highest BCUT2D eigenvalue weighted by Crippen LogP contribution is 2.18. The molecule has 1 aromatic heterocycles. The lowest BCUT2D eigenvalue weighted by atomic mass is 10.0. The molecule has 0 saturated carbocycles. The first-order valence-corrected chi connectivity index (χ1v) is 8.44. The molecule has 0 fully saturated rings. The van der Waals surface area contributed by atoms with Crippen LogP contribution >= 0.6 is 0 Å². The van der Waals surface area contributed by atoms with Gasteiger partial charge in [-0.05, 0) is 25.7 Å². The molecular formula is C17H32N4. The standard InChI is InChI=1S/C17H32N4/c1-5-11-18-16-15(4)17(21-13-20-16)19-12-9-7-6-8-10-14(2)3/h13-14H,5-12H2,1-4H3,(H2,18,19,20,21). The van der Waals surface area contributed by atoms with Crippen LogP contribution in [-0.2, 0) is 0 Å². The van der Waals surface area contributed by atoms with Gasteiger partial charge in [0, 0.05) is 18.7 Å². The lowest BCUT2D eigenvalue weighted by molar-refractivity contribution is 0.523. The van der Waals surface area contributed by atoms with E-state index in [-0.39, 0.29) is 0 Å². The van der Waals surface area contributed by atoms with Crippen LogP contribution < -0.4 is 10.6 Å². The van der Waals surface area contributed by atoms with E-state index in [9.17, 15) is 0 Å². The number of hydrogen-bond donors (Lipinski definition) is 2. The van der Waals surface area contributed by atoms with Gasteiger partial charge in [-0.3, -0.25) is 0 Å². The van der Waals surface area contributed by atoms with Crippen molar-refractivity contribution in [2.24, 2.45) is 5.92 Å². The van der Waals surface area contributed by atoms with Gasteiger partial charge in [-0.2, -0.15) is 0 Å². The fourth-order valence-electron chi connectivity index (χ4n) is 2.29. The highest BCUT2D eigenvalue weighted by Gasteiger charge is 2.05. The SMILES string of the molecule is CCCNc1ncnc(NCCCCCCC(C)C)c1C. The topological polar surface area (TPSA) is 49.8 Å².